The molecule has 0 heterocycles. The molecular weight excluding hydrogens is 134 g/mol. The maximum atomic E-state index is 3.39. The standard InChI is InChI=1S/C10H19N/c1-6(2)7-4-9-8(7)5-10(9)11-3/h6-11H,4-5H2,1-3H3/t7?,8-,9?,10?/m1/s1. The maximum Gasteiger partial charge on any atom is 0.00980 e. The zero-order valence-corrected chi connectivity index (χ0v) is 7.80. The van der Waals surface area contributed by atoms with Crippen LogP contribution in [0.15, 0.2) is 0 Å². The molecule has 0 bridgehead atoms. The predicted molar refractivity (Wildman–Crippen MR) is 47.4 cm³/mol. The van der Waals surface area contributed by atoms with Crippen LogP contribution in [0.2, 0.25) is 0 Å². The van der Waals surface area contributed by atoms with Crippen molar-refractivity contribution in [1.82, 2.24) is 5.32 Å². The number of fused-ring (bicyclic) bond motifs is 1. The largest absolute Gasteiger partial charge is 0.317 e. The number of hydrogen-bond donors (Lipinski definition) is 1. The third-order valence-corrected chi connectivity index (χ3v) is 3.91. The van der Waals surface area contributed by atoms with Gasteiger partial charge in [-0.15, -0.1) is 0 Å². The van der Waals surface area contributed by atoms with Gasteiger partial charge in [0.1, 0.15) is 0 Å². The van der Waals surface area contributed by atoms with Crippen LogP contribution in [-0.2, 0) is 0 Å². The van der Waals surface area contributed by atoms with Gasteiger partial charge in [-0.25, -0.2) is 0 Å². The van der Waals surface area contributed by atoms with Crippen LogP contribution in [0, 0.1) is 23.7 Å². The van der Waals surface area contributed by atoms with Gasteiger partial charge in [0.15, 0.2) is 0 Å². The minimum Gasteiger partial charge on any atom is -0.317 e. The van der Waals surface area contributed by atoms with Crippen LogP contribution < -0.4 is 5.32 Å². The molecule has 0 aromatic rings. The van der Waals surface area contributed by atoms with E-state index in [4.69, 9.17) is 0 Å². The van der Waals surface area contributed by atoms with E-state index >= 15 is 0 Å². The van der Waals surface area contributed by atoms with Crippen molar-refractivity contribution in [2.75, 3.05) is 7.05 Å². The van der Waals surface area contributed by atoms with Crippen LogP contribution in [0.1, 0.15) is 26.7 Å². The molecule has 0 amide bonds. The van der Waals surface area contributed by atoms with Crippen molar-refractivity contribution in [3.8, 4) is 0 Å². The van der Waals surface area contributed by atoms with Gasteiger partial charge in [-0.3, -0.25) is 0 Å². The highest BCUT2D eigenvalue weighted by Crippen LogP contribution is 2.56. The second-order valence-corrected chi connectivity index (χ2v) is 4.60. The Morgan fingerprint density at radius 1 is 1.18 bits per heavy atom. The van der Waals surface area contributed by atoms with Crippen molar-refractivity contribution in [1.29, 1.82) is 0 Å². The van der Waals surface area contributed by atoms with E-state index in [1.165, 1.54) is 12.8 Å². The van der Waals surface area contributed by atoms with Crippen LogP contribution in [0.25, 0.3) is 0 Å². The Labute approximate surface area is 69.6 Å². The van der Waals surface area contributed by atoms with Crippen LogP contribution in [0.4, 0.5) is 0 Å². The topological polar surface area (TPSA) is 12.0 Å². The third kappa shape index (κ3) is 0.936. The van der Waals surface area contributed by atoms with Gasteiger partial charge in [-0.2, -0.15) is 0 Å². The van der Waals surface area contributed by atoms with Gasteiger partial charge in [0.05, 0.1) is 0 Å². The van der Waals surface area contributed by atoms with Crippen molar-refractivity contribution in [3.05, 3.63) is 0 Å². The average Bonchev–Trinajstić information content (AvgIpc) is 1.93. The van der Waals surface area contributed by atoms with Crippen LogP contribution in [0.3, 0.4) is 0 Å². The Morgan fingerprint density at radius 2 is 1.91 bits per heavy atom. The molecule has 4 atom stereocenters. The predicted octanol–water partition coefficient (Wildman–Crippen LogP) is 1.89. The number of nitrogens with one attached hydrogen (secondary N) is 1. The van der Waals surface area contributed by atoms with Crippen LogP contribution in [-0.4, -0.2) is 13.1 Å². The van der Waals surface area contributed by atoms with Crippen molar-refractivity contribution in [2.24, 2.45) is 23.7 Å². The van der Waals surface area contributed by atoms with E-state index in [-0.39, 0.29) is 0 Å². The van der Waals surface area contributed by atoms with E-state index < -0.39 is 0 Å². The van der Waals surface area contributed by atoms with Gasteiger partial charge in [0.25, 0.3) is 0 Å². The monoisotopic (exact) mass is 153 g/mol. The van der Waals surface area contributed by atoms with Gasteiger partial charge in [0.2, 0.25) is 0 Å². The van der Waals surface area contributed by atoms with Crippen molar-refractivity contribution in [2.45, 2.75) is 32.7 Å². The van der Waals surface area contributed by atoms with E-state index in [1.54, 1.807) is 0 Å². The first-order valence-corrected chi connectivity index (χ1v) is 4.91. The molecule has 2 aliphatic rings. The van der Waals surface area contributed by atoms with Gasteiger partial charge >= 0.3 is 0 Å². The first kappa shape index (κ1) is 7.60. The van der Waals surface area contributed by atoms with Crippen molar-refractivity contribution in [3.63, 3.8) is 0 Å². The molecule has 2 aliphatic carbocycles. The Balaban J connectivity index is 1.84. The fourth-order valence-electron chi connectivity index (χ4n) is 2.97. The van der Waals surface area contributed by atoms with Crippen molar-refractivity contribution < 1.29 is 0 Å². The van der Waals surface area contributed by atoms with E-state index in [1.807, 2.05) is 0 Å². The molecule has 0 aliphatic heterocycles. The van der Waals surface area contributed by atoms with Gasteiger partial charge in [0, 0.05) is 6.04 Å². The SMILES string of the molecule is CNC1C[C@@H]2C(C(C)C)CC12. The molecule has 1 nitrogen and oxygen atoms in total. The zero-order valence-electron chi connectivity index (χ0n) is 7.80. The first-order valence-electron chi connectivity index (χ1n) is 4.91. The summed E-state index contributed by atoms with van der Waals surface area (Å²) in [6.07, 6.45) is 2.94. The van der Waals surface area contributed by atoms with Gasteiger partial charge in [-0.05, 0) is 43.6 Å². The zero-order chi connectivity index (χ0) is 8.01. The molecule has 0 spiro atoms. The van der Waals surface area contributed by atoms with E-state index in [9.17, 15) is 0 Å². The summed E-state index contributed by atoms with van der Waals surface area (Å²) >= 11 is 0. The lowest BCUT2D eigenvalue weighted by Gasteiger charge is -2.59. The molecular formula is C10H19N. The van der Waals surface area contributed by atoms with Crippen LogP contribution >= 0.6 is 0 Å². The summed E-state index contributed by atoms with van der Waals surface area (Å²) in [5.41, 5.74) is 0. The second kappa shape index (κ2) is 2.48. The quantitative estimate of drug-likeness (QED) is 0.639. The Kier molecular flexibility index (Phi) is 1.71. The smallest absolute Gasteiger partial charge is 0.00980 e. The fraction of sp³-hybridized carbons (Fsp3) is 1.00. The highest BCUT2D eigenvalue weighted by atomic mass is 14.9. The lowest BCUT2D eigenvalue weighted by Crippen LogP contribution is -2.60. The summed E-state index contributed by atoms with van der Waals surface area (Å²) < 4.78 is 0. The summed E-state index contributed by atoms with van der Waals surface area (Å²) in [5.74, 6) is 4.12. The van der Waals surface area contributed by atoms with E-state index in [0.29, 0.717) is 0 Å². The van der Waals surface area contributed by atoms with Gasteiger partial charge in [-0.1, -0.05) is 13.8 Å². The summed E-state index contributed by atoms with van der Waals surface area (Å²) in [4.78, 5) is 0. The molecule has 2 saturated carbocycles. The molecule has 0 aromatic heterocycles. The minimum absolute atomic E-state index is 0.870. The highest BCUT2D eigenvalue weighted by molar-refractivity contribution is 5.05. The summed E-state index contributed by atoms with van der Waals surface area (Å²) in [6.45, 7) is 4.74. The molecule has 3 unspecified atom stereocenters. The lowest BCUT2D eigenvalue weighted by molar-refractivity contribution is -0.0794. The van der Waals surface area contributed by atoms with Gasteiger partial charge < -0.3 is 5.32 Å². The Bertz CT molecular complexity index is 153. The normalized spacial score (nSPS) is 48.0. The molecule has 1 heteroatoms. The highest BCUT2D eigenvalue weighted by Gasteiger charge is 2.53. The third-order valence-electron chi connectivity index (χ3n) is 3.91. The van der Waals surface area contributed by atoms with E-state index in [0.717, 1.165) is 29.7 Å². The minimum atomic E-state index is 0.870. The van der Waals surface area contributed by atoms with Crippen molar-refractivity contribution >= 4 is 0 Å². The molecule has 1 N–H and O–H groups in total. The average molecular weight is 153 g/mol. The Morgan fingerprint density at radius 3 is 2.27 bits per heavy atom. The number of rotatable bonds is 2. The molecule has 2 rings (SSSR count). The summed E-state index contributed by atoms with van der Waals surface area (Å²) in [6, 6.07) is 0.870. The maximum absolute atomic E-state index is 3.39. The fourth-order valence-corrected chi connectivity index (χ4v) is 2.97. The van der Waals surface area contributed by atoms with E-state index in [2.05, 4.69) is 26.2 Å². The molecule has 0 aromatic carbocycles. The summed E-state index contributed by atoms with van der Waals surface area (Å²) in [7, 11) is 2.10. The molecule has 2 fully saturated rings. The second-order valence-electron chi connectivity index (χ2n) is 4.60. The molecule has 11 heavy (non-hydrogen) atoms. The molecule has 64 valence electrons. The number of hydrogen-bond acceptors (Lipinski definition) is 1. The molecule has 0 saturated heterocycles. The lowest BCUT2D eigenvalue weighted by atomic mass is 9.48. The van der Waals surface area contributed by atoms with Crippen LogP contribution in [0.5, 0.6) is 0 Å². The summed E-state index contributed by atoms with van der Waals surface area (Å²) in [5, 5.41) is 3.39. The molecule has 0 radical (unpaired) electrons. The Hall–Kier alpha value is -0.0400. The first-order chi connectivity index (χ1) is 5.24.